The molecule has 6 nitrogen and oxygen atoms in total. The molecular formula is C13H18N2O4S. The molecule has 1 rings (SSSR count). The summed E-state index contributed by atoms with van der Waals surface area (Å²) in [6, 6.07) is 2.66. The van der Waals surface area contributed by atoms with Crippen LogP contribution in [0.2, 0.25) is 0 Å². The Morgan fingerprint density at radius 1 is 1.45 bits per heavy atom. The van der Waals surface area contributed by atoms with Crippen LogP contribution in [0.1, 0.15) is 29.9 Å². The van der Waals surface area contributed by atoms with Crippen LogP contribution in [0.4, 0.5) is 0 Å². The monoisotopic (exact) mass is 298 g/mol. The van der Waals surface area contributed by atoms with Gasteiger partial charge in [-0.2, -0.15) is 0 Å². The maximum Gasteiger partial charge on any atom is 0.323 e. The molecule has 0 saturated heterocycles. The second kappa shape index (κ2) is 7.64. The van der Waals surface area contributed by atoms with Gasteiger partial charge in [0.15, 0.2) is 0 Å². The number of hydrogen-bond donors (Lipinski definition) is 2. The van der Waals surface area contributed by atoms with Crippen molar-refractivity contribution in [2.45, 2.75) is 26.3 Å². The van der Waals surface area contributed by atoms with Gasteiger partial charge >= 0.3 is 5.97 Å². The first kappa shape index (κ1) is 16.2. The van der Waals surface area contributed by atoms with Gasteiger partial charge < -0.3 is 15.3 Å². The molecule has 0 aromatic carbocycles. The van der Waals surface area contributed by atoms with E-state index in [0.717, 1.165) is 0 Å². The Labute approximate surface area is 121 Å². The Morgan fingerprint density at radius 3 is 2.65 bits per heavy atom. The molecule has 0 radical (unpaired) electrons. The lowest BCUT2D eigenvalue weighted by atomic mass is 10.2. The highest BCUT2D eigenvalue weighted by molar-refractivity contribution is 7.12. The van der Waals surface area contributed by atoms with E-state index in [2.05, 4.69) is 5.32 Å². The van der Waals surface area contributed by atoms with Crippen LogP contribution in [-0.4, -0.2) is 46.9 Å². The van der Waals surface area contributed by atoms with Gasteiger partial charge in [-0.15, -0.1) is 11.3 Å². The van der Waals surface area contributed by atoms with Gasteiger partial charge in [-0.25, -0.2) is 0 Å². The van der Waals surface area contributed by atoms with Crippen LogP contribution in [0.25, 0.3) is 0 Å². The first-order valence-electron chi connectivity index (χ1n) is 6.30. The van der Waals surface area contributed by atoms with Crippen LogP contribution in [-0.2, 0) is 9.59 Å². The van der Waals surface area contributed by atoms with Crippen molar-refractivity contribution in [3.05, 3.63) is 22.4 Å². The summed E-state index contributed by atoms with van der Waals surface area (Å²) in [4.78, 5) is 36.5. The Balaban J connectivity index is 2.64. The van der Waals surface area contributed by atoms with E-state index in [-0.39, 0.29) is 18.4 Å². The second-order valence-electron chi connectivity index (χ2n) is 4.33. The van der Waals surface area contributed by atoms with Crippen molar-refractivity contribution < 1.29 is 19.5 Å². The average molecular weight is 298 g/mol. The minimum atomic E-state index is -1.07. The predicted octanol–water partition coefficient (Wildman–Crippen LogP) is 1.19. The van der Waals surface area contributed by atoms with Crippen molar-refractivity contribution >= 4 is 29.1 Å². The number of rotatable bonds is 7. The lowest BCUT2D eigenvalue weighted by Gasteiger charge is -2.24. The Morgan fingerprint density at radius 2 is 2.15 bits per heavy atom. The third-order valence-electron chi connectivity index (χ3n) is 2.59. The summed E-state index contributed by atoms with van der Waals surface area (Å²) in [6.07, 6.45) is 0.657. The lowest BCUT2D eigenvalue weighted by molar-refractivity contribution is -0.145. The normalized spacial score (nSPS) is 11.7. The van der Waals surface area contributed by atoms with Crippen molar-refractivity contribution in [1.82, 2.24) is 10.2 Å². The first-order chi connectivity index (χ1) is 9.45. The Hall–Kier alpha value is -1.89. The van der Waals surface area contributed by atoms with Crippen LogP contribution < -0.4 is 5.32 Å². The van der Waals surface area contributed by atoms with Crippen molar-refractivity contribution in [3.8, 4) is 0 Å². The quantitative estimate of drug-likeness (QED) is 0.791. The van der Waals surface area contributed by atoms with Gasteiger partial charge in [-0.05, 0) is 24.8 Å². The number of thiophene rings is 1. The van der Waals surface area contributed by atoms with Crippen LogP contribution >= 0.6 is 11.3 Å². The number of carbonyl (C=O) groups excluding carboxylic acids is 2. The van der Waals surface area contributed by atoms with E-state index in [1.807, 2.05) is 6.92 Å². The molecule has 0 aliphatic heterocycles. The van der Waals surface area contributed by atoms with Gasteiger partial charge in [0.1, 0.15) is 12.6 Å². The Bertz CT molecular complexity index is 473. The summed E-state index contributed by atoms with van der Waals surface area (Å²) in [7, 11) is 0. The standard InChI is InChI=1S/C13H18N2O4S/c1-3-6-15(8-11(16)17)13(19)9(2)14-12(18)10-5-4-7-20-10/h4-5,7,9H,3,6,8H2,1-2H3,(H,14,18)(H,16,17). The molecule has 0 aliphatic rings. The number of carboxylic acid groups (broad SMARTS) is 1. The maximum atomic E-state index is 12.1. The zero-order valence-electron chi connectivity index (χ0n) is 11.5. The van der Waals surface area contributed by atoms with Crippen molar-refractivity contribution in [2.24, 2.45) is 0 Å². The number of nitrogens with one attached hydrogen (secondary N) is 1. The molecule has 1 aromatic heterocycles. The van der Waals surface area contributed by atoms with Gasteiger partial charge in [0.2, 0.25) is 5.91 Å². The summed E-state index contributed by atoms with van der Waals surface area (Å²) in [5.74, 6) is -1.78. The molecule has 2 N–H and O–H groups in total. The molecule has 1 atom stereocenters. The lowest BCUT2D eigenvalue weighted by Crippen LogP contribution is -2.48. The molecule has 1 heterocycles. The number of hydrogen-bond acceptors (Lipinski definition) is 4. The zero-order chi connectivity index (χ0) is 15.1. The molecule has 1 unspecified atom stereocenters. The van der Waals surface area contributed by atoms with Crippen LogP contribution in [0.3, 0.4) is 0 Å². The fourth-order valence-electron chi connectivity index (χ4n) is 1.71. The van der Waals surface area contributed by atoms with Gasteiger partial charge in [-0.1, -0.05) is 13.0 Å². The van der Waals surface area contributed by atoms with E-state index in [1.54, 1.807) is 24.4 Å². The molecule has 0 saturated carbocycles. The topological polar surface area (TPSA) is 86.7 Å². The third-order valence-corrected chi connectivity index (χ3v) is 3.46. The van der Waals surface area contributed by atoms with E-state index in [0.29, 0.717) is 17.8 Å². The molecule has 2 amide bonds. The highest BCUT2D eigenvalue weighted by Gasteiger charge is 2.23. The highest BCUT2D eigenvalue weighted by Crippen LogP contribution is 2.08. The molecule has 7 heteroatoms. The number of nitrogens with zero attached hydrogens (tertiary/aromatic N) is 1. The van der Waals surface area contributed by atoms with E-state index >= 15 is 0 Å². The van der Waals surface area contributed by atoms with Gasteiger partial charge in [0.05, 0.1) is 4.88 Å². The molecule has 0 fully saturated rings. The maximum absolute atomic E-state index is 12.1. The summed E-state index contributed by atoms with van der Waals surface area (Å²) >= 11 is 1.28. The third kappa shape index (κ3) is 4.65. The summed E-state index contributed by atoms with van der Waals surface area (Å²) in [5.41, 5.74) is 0. The van der Waals surface area contributed by atoms with Crippen LogP contribution in [0.5, 0.6) is 0 Å². The number of amides is 2. The van der Waals surface area contributed by atoms with Crippen LogP contribution in [0, 0.1) is 0 Å². The van der Waals surface area contributed by atoms with E-state index in [1.165, 1.54) is 16.2 Å². The SMILES string of the molecule is CCCN(CC(=O)O)C(=O)C(C)NC(=O)c1cccs1. The number of carbonyl (C=O) groups is 3. The van der Waals surface area contributed by atoms with Gasteiger partial charge in [0, 0.05) is 6.54 Å². The summed E-state index contributed by atoms with van der Waals surface area (Å²) in [5, 5.41) is 13.1. The smallest absolute Gasteiger partial charge is 0.323 e. The molecular weight excluding hydrogens is 280 g/mol. The van der Waals surface area contributed by atoms with Crippen molar-refractivity contribution in [1.29, 1.82) is 0 Å². The van der Waals surface area contributed by atoms with Crippen molar-refractivity contribution in [3.63, 3.8) is 0 Å². The summed E-state index contributed by atoms with van der Waals surface area (Å²) in [6.45, 7) is 3.41. The second-order valence-corrected chi connectivity index (χ2v) is 5.27. The molecule has 110 valence electrons. The van der Waals surface area contributed by atoms with Crippen LogP contribution in [0.15, 0.2) is 17.5 Å². The van der Waals surface area contributed by atoms with E-state index in [9.17, 15) is 14.4 Å². The van der Waals surface area contributed by atoms with E-state index in [4.69, 9.17) is 5.11 Å². The predicted molar refractivity (Wildman–Crippen MR) is 75.8 cm³/mol. The molecule has 20 heavy (non-hydrogen) atoms. The average Bonchev–Trinajstić information content (AvgIpc) is 2.90. The first-order valence-corrected chi connectivity index (χ1v) is 7.18. The van der Waals surface area contributed by atoms with Gasteiger partial charge in [-0.3, -0.25) is 14.4 Å². The highest BCUT2D eigenvalue weighted by atomic mass is 32.1. The van der Waals surface area contributed by atoms with E-state index < -0.39 is 12.0 Å². The molecule has 1 aromatic rings. The molecule has 0 spiro atoms. The summed E-state index contributed by atoms with van der Waals surface area (Å²) < 4.78 is 0. The zero-order valence-corrected chi connectivity index (χ0v) is 12.3. The molecule has 0 bridgehead atoms. The molecule has 0 aliphatic carbocycles. The minimum absolute atomic E-state index is 0.326. The largest absolute Gasteiger partial charge is 0.480 e. The fourth-order valence-corrected chi connectivity index (χ4v) is 2.34. The fraction of sp³-hybridized carbons (Fsp3) is 0.462. The number of aliphatic carboxylic acids is 1. The van der Waals surface area contributed by atoms with Crippen molar-refractivity contribution in [2.75, 3.05) is 13.1 Å². The minimum Gasteiger partial charge on any atom is -0.480 e. The number of carboxylic acids is 1. The van der Waals surface area contributed by atoms with Gasteiger partial charge in [0.25, 0.3) is 5.91 Å². The Kier molecular flexibility index (Phi) is 6.17.